The van der Waals surface area contributed by atoms with Gasteiger partial charge < -0.3 is 14.2 Å². The lowest BCUT2D eigenvalue weighted by molar-refractivity contribution is -0.145. The monoisotopic (exact) mass is 346 g/mol. The Morgan fingerprint density at radius 2 is 1.72 bits per heavy atom. The molecule has 0 N–H and O–H groups in total. The number of carbonyl (C=O) groups excluding carboxylic acids is 2. The van der Waals surface area contributed by atoms with Crippen molar-refractivity contribution in [2.75, 3.05) is 14.2 Å². The van der Waals surface area contributed by atoms with Gasteiger partial charge in [0.15, 0.2) is 17.7 Å². The van der Waals surface area contributed by atoms with Crippen LogP contribution in [0.5, 0.6) is 11.5 Å². The summed E-state index contributed by atoms with van der Waals surface area (Å²) < 4.78 is 28.6. The predicted octanol–water partition coefficient (Wildman–Crippen LogP) is 3.20. The molecule has 0 bridgehead atoms. The van der Waals surface area contributed by atoms with Crippen LogP contribution in [0.4, 0.5) is 4.39 Å². The highest BCUT2D eigenvalue weighted by Crippen LogP contribution is 2.19. The fourth-order valence-corrected chi connectivity index (χ4v) is 2.27. The first-order valence-electron chi connectivity index (χ1n) is 7.64. The van der Waals surface area contributed by atoms with E-state index in [0.717, 1.165) is 0 Å². The van der Waals surface area contributed by atoms with Crippen molar-refractivity contribution in [1.82, 2.24) is 0 Å². The van der Waals surface area contributed by atoms with Gasteiger partial charge in [0.1, 0.15) is 5.75 Å². The molecule has 0 heterocycles. The van der Waals surface area contributed by atoms with Crippen LogP contribution >= 0.6 is 0 Å². The quantitative estimate of drug-likeness (QED) is 0.569. The fraction of sp³-hybridized carbons (Fsp3) is 0.263. The Kier molecular flexibility index (Phi) is 6.11. The molecule has 2 aromatic rings. The topological polar surface area (TPSA) is 61.8 Å². The number of esters is 1. The Labute approximate surface area is 145 Å². The smallest absolute Gasteiger partial charge is 0.310 e. The van der Waals surface area contributed by atoms with E-state index in [9.17, 15) is 14.0 Å². The summed E-state index contributed by atoms with van der Waals surface area (Å²) in [5, 5.41) is 0. The maximum atomic E-state index is 13.6. The number of rotatable bonds is 7. The summed E-state index contributed by atoms with van der Waals surface area (Å²) >= 11 is 0. The summed E-state index contributed by atoms with van der Waals surface area (Å²) in [6.45, 7) is 1.50. The summed E-state index contributed by atoms with van der Waals surface area (Å²) in [4.78, 5) is 24.3. The lowest BCUT2D eigenvalue weighted by Gasteiger charge is -2.13. The molecule has 1 atom stereocenters. The largest absolute Gasteiger partial charge is 0.497 e. The van der Waals surface area contributed by atoms with Crippen molar-refractivity contribution in [3.63, 3.8) is 0 Å². The van der Waals surface area contributed by atoms with Crippen LogP contribution in [0, 0.1) is 5.82 Å². The van der Waals surface area contributed by atoms with Crippen LogP contribution in [0.1, 0.15) is 22.8 Å². The van der Waals surface area contributed by atoms with Crippen LogP contribution < -0.4 is 9.47 Å². The van der Waals surface area contributed by atoms with Gasteiger partial charge in [-0.15, -0.1) is 0 Å². The summed E-state index contributed by atoms with van der Waals surface area (Å²) in [6.07, 6.45) is -1.08. The molecule has 0 aliphatic rings. The number of hydrogen-bond donors (Lipinski definition) is 0. The molecule has 0 saturated heterocycles. The highest BCUT2D eigenvalue weighted by molar-refractivity contribution is 6.00. The average Bonchev–Trinajstić information content (AvgIpc) is 2.61. The van der Waals surface area contributed by atoms with Crippen molar-refractivity contribution >= 4 is 11.8 Å². The molecule has 0 fully saturated rings. The minimum absolute atomic E-state index is 0.0974. The number of benzene rings is 2. The number of hydrogen-bond acceptors (Lipinski definition) is 5. The molecule has 0 saturated carbocycles. The van der Waals surface area contributed by atoms with E-state index < -0.39 is 17.9 Å². The van der Waals surface area contributed by atoms with E-state index in [1.165, 1.54) is 33.3 Å². The second kappa shape index (κ2) is 8.28. The van der Waals surface area contributed by atoms with E-state index in [1.807, 2.05) is 0 Å². The van der Waals surface area contributed by atoms with Crippen LogP contribution in [0.2, 0.25) is 0 Å². The SMILES string of the molecule is COc1ccc(C(=O)C(C)OC(=O)Cc2ccc(OC)c(F)c2)cc1. The summed E-state index contributed by atoms with van der Waals surface area (Å²) in [5.41, 5.74) is 0.851. The first-order chi connectivity index (χ1) is 11.9. The van der Waals surface area contributed by atoms with Gasteiger partial charge in [0.05, 0.1) is 20.6 Å². The zero-order valence-corrected chi connectivity index (χ0v) is 14.2. The van der Waals surface area contributed by atoms with E-state index >= 15 is 0 Å². The third-order valence-electron chi connectivity index (χ3n) is 3.62. The summed E-state index contributed by atoms with van der Waals surface area (Å²) in [5.74, 6) is -0.770. The second-order valence-electron chi connectivity index (χ2n) is 5.37. The molecule has 6 heteroatoms. The number of ether oxygens (including phenoxy) is 3. The second-order valence-corrected chi connectivity index (χ2v) is 5.37. The van der Waals surface area contributed by atoms with Gasteiger partial charge in [-0.3, -0.25) is 9.59 Å². The normalized spacial score (nSPS) is 11.5. The maximum Gasteiger partial charge on any atom is 0.310 e. The lowest BCUT2D eigenvalue weighted by atomic mass is 10.1. The van der Waals surface area contributed by atoms with Crippen molar-refractivity contribution in [1.29, 1.82) is 0 Å². The molecule has 0 amide bonds. The molecule has 132 valence electrons. The van der Waals surface area contributed by atoms with Crippen LogP contribution in [-0.2, 0) is 16.0 Å². The fourth-order valence-electron chi connectivity index (χ4n) is 2.27. The van der Waals surface area contributed by atoms with Gasteiger partial charge in [0, 0.05) is 5.56 Å². The molecule has 0 aliphatic carbocycles. The lowest BCUT2D eigenvalue weighted by Crippen LogP contribution is -2.25. The third kappa shape index (κ3) is 4.79. The first-order valence-corrected chi connectivity index (χ1v) is 7.64. The summed E-state index contributed by atoms with van der Waals surface area (Å²) in [6, 6.07) is 10.7. The van der Waals surface area contributed by atoms with Gasteiger partial charge in [-0.2, -0.15) is 0 Å². The Morgan fingerprint density at radius 1 is 1.04 bits per heavy atom. The van der Waals surface area contributed by atoms with Gasteiger partial charge >= 0.3 is 5.97 Å². The van der Waals surface area contributed by atoms with Crippen molar-refractivity contribution < 1.29 is 28.2 Å². The first kappa shape index (κ1) is 18.4. The van der Waals surface area contributed by atoms with Crippen LogP contribution in [-0.4, -0.2) is 32.1 Å². The molecular formula is C19H19FO5. The van der Waals surface area contributed by atoms with E-state index in [1.54, 1.807) is 30.3 Å². The highest BCUT2D eigenvalue weighted by atomic mass is 19.1. The van der Waals surface area contributed by atoms with Gasteiger partial charge in [-0.05, 0) is 48.9 Å². The Balaban J connectivity index is 1.96. The van der Waals surface area contributed by atoms with Crippen molar-refractivity contribution in [3.05, 3.63) is 59.4 Å². The van der Waals surface area contributed by atoms with Gasteiger partial charge in [-0.1, -0.05) is 6.07 Å². The van der Waals surface area contributed by atoms with Crippen molar-refractivity contribution in [2.24, 2.45) is 0 Å². The van der Waals surface area contributed by atoms with E-state index in [-0.39, 0.29) is 18.0 Å². The molecule has 1 unspecified atom stereocenters. The summed E-state index contributed by atoms with van der Waals surface area (Å²) in [7, 11) is 2.89. The minimum atomic E-state index is -0.941. The molecule has 2 aromatic carbocycles. The molecular weight excluding hydrogens is 327 g/mol. The standard InChI is InChI=1S/C19H19FO5/c1-12(19(22)14-5-7-15(23-2)8-6-14)25-18(21)11-13-4-9-17(24-3)16(20)10-13/h4-10,12H,11H2,1-3H3. The number of ketones is 1. The number of Topliss-reactive ketones (excluding diaryl/α,β-unsaturated/α-hetero) is 1. The molecule has 5 nitrogen and oxygen atoms in total. The zero-order valence-electron chi connectivity index (χ0n) is 14.2. The molecule has 2 rings (SSSR count). The number of halogens is 1. The molecule has 0 aliphatic heterocycles. The number of carbonyl (C=O) groups is 2. The van der Waals surface area contributed by atoms with Crippen LogP contribution in [0.15, 0.2) is 42.5 Å². The van der Waals surface area contributed by atoms with Gasteiger partial charge in [0.2, 0.25) is 5.78 Å². The molecule has 0 radical (unpaired) electrons. The average molecular weight is 346 g/mol. The Hall–Kier alpha value is -2.89. The van der Waals surface area contributed by atoms with Crippen LogP contribution in [0.3, 0.4) is 0 Å². The number of methoxy groups -OCH3 is 2. The molecule has 0 aromatic heterocycles. The maximum absolute atomic E-state index is 13.6. The zero-order chi connectivity index (χ0) is 18.4. The Morgan fingerprint density at radius 3 is 2.28 bits per heavy atom. The van der Waals surface area contributed by atoms with Gasteiger partial charge in [0.25, 0.3) is 0 Å². The third-order valence-corrected chi connectivity index (χ3v) is 3.62. The van der Waals surface area contributed by atoms with E-state index in [4.69, 9.17) is 14.2 Å². The van der Waals surface area contributed by atoms with E-state index in [2.05, 4.69) is 0 Å². The van der Waals surface area contributed by atoms with Crippen molar-refractivity contribution in [3.8, 4) is 11.5 Å². The molecule has 25 heavy (non-hydrogen) atoms. The predicted molar refractivity (Wildman–Crippen MR) is 89.5 cm³/mol. The van der Waals surface area contributed by atoms with Gasteiger partial charge in [-0.25, -0.2) is 4.39 Å². The van der Waals surface area contributed by atoms with Crippen LogP contribution in [0.25, 0.3) is 0 Å². The highest BCUT2D eigenvalue weighted by Gasteiger charge is 2.20. The Bertz CT molecular complexity index is 755. The van der Waals surface area contributed by atoms with E-state index in [0.29, 0.717) is 16.9 Å². The van der Waals surface area contributed by atoms with Crippen molar-refractivity contribution in [2.45, 2.75) is 19.4 Å². The minimum Gasteiger partial charge on any atom is -0.497 e. The molecule has 0 spiro atoms.